The molecule has 17 nitrogen and oxygen atoms in total. The van der Waals surface area contributed by atoms with Crippen molar-refractivity contribution >= 4 is 120 Å². The number of piperidine rings is 4. The first-order valence-electron chi connectivity index (χ1n) is 41.5. The zero-order chi connectivity index (χ0) is 81.8. The summed E-state index contributed by atoms with van der Waals surface area (Å²) < 4.78 is 23.0. The Morgan fingerprint density at radius 3 is 0.655 bits per heavy atom. The average molecular weight is 1790 g/mol. The molecule has 8 aromatic rings. The van der Waals surface area contributed by atoms with Crippen LogP contribution in [0.25, 0.3) is 0 Å². The summed E-state index contributed by atoms with van der Waals surface area (Å²) in [5, 5.41) is 22.8. The second kappa shape index (κ2) is 59.3. The first-order chi connectivity index (χ1) is 56.2. The van der Waals surface area contributed by atoms with Crippen LogP contribution in [0, 0.1) is 11.3 Å². The van der Waals surface area contributed by atoms with Crippen molar-refractivity contribution in [1.82, 2.24) is 40.9 Å². The third kappa shape index (κ3) is 33.7. The van der Waals surface area contributed by atoms with Crippen LogP contribution in [0.3, 0.4) is 0 Å². The van der Waals surface area contributed by atoms with Gasteiger partial charge in [0.15, 0.2) is 0 Å². The molecular formula is C94H123Cl8N9O8. The summed E-state index contributed by atoms with van der Waals surface area (Å²) in [7, 11) is 0. The second-order valence-electron chi connectivity index (χ2n) is 29.0. The number of amides is 4. The van der Waals surface area contributed by atoms with Gasteiger partial charge in [-0.05, 0) is 224 Å². The lowest BCUT2D eigenvalue weighted by Gasteiger charge is -2.35. The van der Waals surface area contributed by atoms with Crippen molar-refractivity contribution in [2.45, 2.75) is 162 Å². The number of ether oxygens (including phenoxy) is 4. The minimum atomic E-state index is -0.110. The molecule has 4 heterocycles. The third-order valence-corrected chi connectivity index (χ3v) is 22.0. The van der Waals surface area contributed by atoms with Crippen molar-refractivity contribution in [2.75, 3.05) is 105 Å². The number of nitriles is 1. The van der Waals surface area contributed by atoms with Crippen molar-refractivity contribution in [2.24, 2.45) is 0 Å². The molecule has 0 saturated carbocycles. The van der Waals surface area contributed by atoms with E-state index in [9.17, 15) is 19.2 Å². The van der Waals surface area contributed by atoms with Gasteiger partial charge in [0.25, 0.3) is 23.6 Å². The van der Waals surface area contributed by atoms with Gasteiger partial charge in [0.1, 0.15) is 23.0 Å². The van der Waals surface area contributed by atoms with Crippen molar-refractivity contribution in [1.29, 1.82) is 5.26 Å². The van der Waals surface area contributed by atoms with Crippen LogP contribution in [0.5, 0.6) is 23.0 Å². The van der Waals surface area contributed by atoms with Gasteiger partial charge in [0.05, 0.1) is 78.9 Å². The smallest absolute Gasteiger partial charge is 0.255 e. The Bertz CT molecular complexity index is 3750. The van der Waals surface area contributed by atoms with E-state index >= 15 is 0 Å². The zero-order valence-electron chi connectivity index (χ0n) is 69.6. The molecule has 4 aliphatic heterocycles. The molecule has 0 spiro atoms. The van der Waals surface area contributed by atoms with Crippen LogP contribution in [-0.4, -0.2) is 148 Å². The minimum absolute atomic E-state index is 0. The molecule has 648 valence electrons. The van der Waals surface area contributed by atoms with E-state index in [2.05, 4.69) is 92.8 Å². The van der Waals surface area contributed by atoms with E-state index in [0.717, 1.165) is 120 Å². The SMILES string of the molecule is CC#N.CCCOc1ccccc1C(=O)NCC(c1ccccc1Cl)N1CCCCC1.CCCOc1ccccc1C(=O)NCC(c1ccccc1Cl)N1CCCCC1.CCCOc1ccccc1C(=O)NCC(c1ccccc1Cl)N1CCCCC1.CCCOc1ccccc1C(=O)NCC(c1ccccc1Cl)N1CCCCC1.Cl.Cl.Cl.Cl. The van der Waals surface area contributed by atoms with E-state index in [-0.39, 0.29) is 97.4 Å². The van der Waals surface area contributed by atoms with E-state index in [1.807, 2.05) is 170 Å². The fourth-order valence-electron chi connectivity index (χ4n) is 14.8. The molecule has 119 heavy (non-hydrogen) atoms. The molecule has 8 aromatic carbocycles. The molecular weight excluding hydrogens is 1670 g/mol. The largest absolute Gasteiger partial charge is 0.493 e. The predicted molar refractivity (Wildman–Crippen MR) is 497 cm³/mol. The maximum atomic E-state index is 12.9. The topological polar surface area (TPSA) is 190 Å². The molecule has 0 aromatic heterocycles. The van der Waals surface area contributed by atoms with E-state index in [1.165, 1.54) is 84.0 Å². The predicted octanol–water partition coefficient (Wildman–Crippen LogP) is 22.6. The van der Waals surface area contributed by atoms with E-state index in [1.54, 1.807) is 6.07 Å². The number of para-hydroxylation sites is 4. The van der Waals surface area contributed by atoms with Gasteiger partial charge in [-0.15, -0.1) is 49.6 Å². The van der Waals surface area contributed by atoms with Crippen LogP contribution < -0.4 is 40.2 Å². The lowest BCUT2D eigenvalue weighted by Crippen LogP contribution is -2.40. The molecule has 0 radical (unpaired) electrons. The number of halogens is 8. The van der Waals surface area contributed by atoms with Crippen LogP contribution in [0.1, 0.15) is 225 Å². The first-order valence-corrected chi connectivity index (χ1v) is 43.0. The van der Waals surface area contributed by atoms with Gasteiger partial charge in [-0.3, -0.25) is 38.8 Å². The van der Waals surface area contributed by atoms with Crippen LogP contribution >= 0.6 is 96.0 Å². The molecule has 4 aliphatic rings. The number of hydrogen-bond acceptors (Lipinski definition) is 13. The van der Waals surface area contributed by atoms with Gasteiger partial charge in [-0.25, -0.2) is 0 Å². The number of carbonyl (C=O) groups excluding carboxylic acids is 4. The maximum Gasteiger partial charge on any atom is 0.255 e. The molecule has 4 amide bonds. The summed E-state index contributed by atoms with van der Waals surface area (Å²) in [5.41, 5.74) is 6.59. The molecule has 25 heteroatoms. The quantitative estimate of drug-likeness (QED) is 0.0312. The standard InChI is InChI=1S/4C23H29ClN2O2.C2H3N.4ClH/c4*1-2-16-28-22-13-7-5-11-19(22)23(27)25-17-21(26-14-8-3-9-15-26)18-10-4-6-12-20(18)24;1-2-3;;;;/h4*4-7,10-13,21H,2-3,8-9,14-17H2,1H3,(H,25,27);1H3;4*1H. The van der Waals surface area contributed by atoms with Gasteiger partial charge >= 0.3 is 0 Å². The summed E-state index contributed by atoms with van der Waals surface area (Å²) in [6.45, 7) is 22.3. The highest BCUT2D eigenvalue weighted by Crippen LogP contribution is 2.35. The van der Waals surface area contributed by atoms with Gasteiger partial charge in [0.2, 0.25) is 0 Å². The van der Waals surface area contributed by atoms with Gasteiger partial charge < -0.3 is 40.2 Å². The second-order valence-corrected chi connectivity index (χ2v) is 30.6. The molecule has 4 unspecified atom stereocenters. The Morgan fingerprint density at radius 1 is 0.311 bits per heavy atom. The summed E-state index contributed by atoms with van der Waals surface area (Å²) >= 11 is 26.0. The van der Waals surface area contributed by atoms with E-state index in [0.29, 0.717) is 97.9 Å². The Balaban J connectivity index is 0.000000326. The van der Waals surface area contributed by atoms with Crippen molar-refractivity contribution in [3.8, 4) is 29.1 Å². The van der Waals surface area contributed by atoms with Crippen LogP contribution in [-0.2, 0) is 0 Å². The first kappa shape index (κ1) is 104. The fourth-order valence-corrected chi connectivity index (χ4v) is 15.8. The molecule has 4 fully saturated rings. The minimum Gasteiger partial charge on any atom is -0.493 e. The summed E-state index contributed by atoms with van der Waals surface area (Å²) in [5.74, 6) is 2.09. The Kier molecular flexibility index (Phi) is 51.7. The molecule has 4 saturated heterocycles. The third-order valence-electron chi connectivity index (χ3n) is 20.6. The highest BCUT2D eigenvalue weighted by atomic mass is 35.5. The fraction of sp³-hybridized carbons (Fsp3) is 0.436. The Hall–Kier alpha value is -7.51. The number of likely N-dealkylation sites (tertiary alicyclic amines) is 4. The molecule has 0 bridgehead atoms. The monoisotopic (exact) mass is 1790 g/mol. The molecule has 0 aliphatic carbocycles. The van der Waals surface area contributed by atoms with Crippen LogP contribution in [0.15, 0.2) is 194 Å². The van der Waals surface area contributed by atoms with Crippen LogP contribution in [0.4, 0.5) is 0 Å². The van der Waals surface area contributed by atoms with Crippen molar-refractivity contribution in [3.05, 3.63) is 259 Å². The number of nitrogens with zero attached hydrogens (tertiary/aromatic N) is 5. The number of nitrogens with one attached hydrogen (secondary N) is 4. The van der Waals surface area contributed by atoms with E-state index < -0.39 is 0 Å². The summed E-state index contributed by atoms with van der Waals surface area (Å²) in [4.78, 5) is 61.3. The zero-order valence-corrected chi connectivity index (χ0v) is 75.8. The summed E-state index contributed by atoms with van der Waals surface area (Å²) in [6.07, 6.45) is 18.1. The maximum absolute atomic E-state index is 12.9. The van der Waals surface area contributed by atoms with Gasteiger partial charge in [-0.1, -0.05) is 221 Å². The molecule has 4 N–H and O–H groups in total. The highest BCUT2D eigenvalue weighted by molar-refractivity contribution is 6.32. The van der Waals surface area contributed by atoms with Crippen molar-refractivity contribution in [3.63, 3.8) is 0 Å². The number of carbonyl (C=O) groups is 4. The lowest BCUT2D eigenvalue weighted by atomic mass is 10.0. The van der Waals surface area contributed by atoms with Gasteiger partial charge in [0, 0.05) is 53.2 Å². The number of hydrogen-bond donors (Lipinski definition) is 4. The highest BCUT2D eigenvalue weighted by Gasteiger charge is 2.31. The van der Waals surface area contributed by atoms with Crippen LogP contribution in [0.2, 0.25) is 20.1 Å². The van der Waals surface area contributed by atoms with Gasteiger partial charge in [-0.2, -0.15) is 5.26 Å². The Morgan fingerprint density at radius 2 is 0.479 bits per heavy atom. The molecule has 4 atom stereocenters. The summed E-state index contributed by atoms with van der Waals surface area (Å²) in [6, 6.07) is 63.4. The van der Waals surface area contributed by atoms with E-state index in [4.69, 9.17) is 70.6 Å². The average Bonchev–Trinajstić information content (AvgIpc) is 0.847. The Labute approximate surface area is 752 Å². The molecule has 12 rings (SSSR count). The lowest BCUT2D eigenvalue weighted by molar-refractivity contribution is 0.0912. The number of benzene rings is 8. The number of rotatable bonds is 32. The van der Waals surface area contributed by atoms with Crippen molar-refractivity contribution < 1.29 is 38.1 Å². The normalized spacial score (nSPS) is 14.9.